The maximum Gasteiger partial charge on any atom is 0.305 e. The van der Waals surface area contributed by atoms with Gasteiger partial charge < -0.3 is 14.8 Å². The molecule has 0 spiro atoms. The van der Waals surface area contributed by atoms with Crippen molar-refractivity contribution >= 4 is 43.2 Å². The van der Waals surface area contributed by atoms with Gasteiger partial charge in [-0.05, 0) is 30.3 Å². The van der Waals surface area contributed by atoms with Gasteiger partial charge in [0.05, 0.1) is 21.0 Å². The lowest BCUT2D eigenvalue weighted by molar-refractivity contribution is -0.139. The minimum atomic E-state index is -3.69. The van der Waals surface area contributed by atoms with Crippen LogP contribution in [0.1, 0.15) is 0 Å². The molecule has 3 aromatic rings. The third-order valence-corrected chi connectivity index (χ3v) is 8.52. The number of fused-ring (bicyclic) bond motifs is 1. The smallest absolute Gasteiger partial charge is 0.305 e. The molecule has 1 aromatic carbocycles. The maximum atomic E-state index is 12.9. The van der Waals surface area contributed by atoms with Crippen LogP contribution in [0.4, 0.5) is 5.69 Å². The Morgan fingerprint density at radius 2 is 1.77 bits per heavy atom. The molecule has 2 aromatic heterocycles. The number of hydrogen-bond donors (Lipinski definition) is 1. The average Bonchev–Trinajstić information content (AvgIpc) is 3.12. The molecule has 0 radical (unpaired) electrons. The van der Waals surface area contributed by atoms with Gasteiger partial charge in [-0.3, -0.25) is 14.6 Å². The molecule has 31 heavy (non-hydrogen) atoms. The number of rotatable bonds is 4. The number of piperazine rings is 1. The highest BCUT2D eigenvalue weighted by Gasteiger charge is 2.42. The minimum absolute atomic E-state index is 0.0140. The SMILES string of the molecule is O=C(C1CN(S(=O)(=O)c2ccc3[nH]c(=O)sc3c2)C1)N1CCN(c2ccncc2)CC1. The van der Waals surface area contributed by atoms with Gasteiger partial charge >= 0.3 is 4.87 Å². The van der Waals surface area contributed by atoms with E-state index in [-0.39, 0.29) is 34.7 Å². The first kappa shape index (κ1) is 20.2. The molecule has 1 N–H and O–H groups in total. The molecule has 9 nitrogen and oxygen atoms in total. The molecule has 2 aliphatic rings. The fourth-order valence-corrected chi connectivity index (χ4v) is 6.43. The second kappa shape index (κ2) is 7.74. The molecule has 2 aliphatic heterocycles. The summed E-state index contributed by atoms with van der Waals surface area (Å²) in [6.45, 7) is 3.09. The highest BCUT2D eigenvalue weighted by Crippen LogP contribution is 2.29. The normalized spacial score (nSPS) is 18.3. The van der Waals surface area contributed by atoms with E-state index in [0.29, 0.717) is 23.3 Å². The first-order valence-electron chi connectivity index (χ1n) is 9.98. The number of H-pyrrole nitrogens is 1. The van der Waals surface area contributed by atoms with Crippen LogP contribution in [0.25, 0.3) is 10.2 Å². The average molecular weight is 460 g/mol. The molecular formula is C20H21N5O4S2. The lowest BCUT2D eigenvalue weighted by Crippen LogP contribution is -2.59. The van der Waals surface area contributed by atoms with Crippen LogP contribution in [0.2, 0.25) is 0 Å². The van der Waals surface area contributed by atoms with Crippen molar-refractivity contribution in [3.8, 4) is 0 Å². The van der Waals surface area contributed by atoms with Crippen LogP contribution in [0.5, 0.6) is 0 Å². The molecule has 0 saturated carbocycles. The van der Waals surface area contributed by atoms with Gasteiger partial charge in [0.15, 0.2) is 0 Å². The zero-order chi connectivity index (χ0) is 21.6. The molecular weight excluding hydrogens is 438 g/mol. The van der Waals surface area contributed by atoms with E-state index in [4.69, 9.17) is 0 Å². The van der Waals surface area contributed by atoms with Gasteiger partial charge in [0.1, 0.15) is 0 Å². The molecule has 0 atom stereocenters. The number of nitrogens with one attached hydrogen (secondary N) is 1. The van der Waals surface area contributed by atoms with Crippen molar-refractivity contribution in [3.63, 3.8) is 0 Å². The maximum absolute atomic E-state index is 12.9. The van der Waals surface area contributed by atoms with Gasteiger partial charge in [-0.15, -0.1) is 0 Å². The number of hydrogen-bond acceptors (Lipinski definition) is 7. The summed E-state index contributed by atoms with van der Waals surface area (Å²) in [6, 6.07) is 8.52. The van der Waals surface area contributed by atoms with Gasteiger partial charge in [-0.1, -0.05) is 11.3 Å². The molecule has 1 amide bonds. The fourth-order valence-electron chi connectivity index (χ4n) is 4.02. The van der Waals surface area contributed by atoms with Gasteiger partial charge in [0.25, 0.3) is 0 Å². The van der Waals surface area contributed by atoms with Crippen LogP contribution in [-0.4, -0.2) is 72.8 Å². The fraction of sp³-hybridized carbons (Fsp3) is 0.350. The number of anilines is 1. The largest absolute Gasteiger partial charge is 0.368 e. The van der Waals surface area contributed by atoms with E-state index in [1.807, 2.05) is 17.0 Å². The second-order valence-corrected chi connectivity index (χ2v) is 10.7. The van der Waals surface area contributed by atoms with Crippen LogP contribution in [0, 0.1) is 5.92 Å². The third-order valence-electron chi connectivity index (χ3n) is 5.85. The van der Waals surface area contributed by atoms with Crippen molar-refractivity contribution in [2.45, 2.75) is 4.90 Å². The zero-order valence-corrected chi connectivity index (χ0v) is 18.2. The van der Waals surface area contributed by atoms with Gasteiger partial charge in [-0.25, -0.2) is 8.42 Å². The Bertz CT molecular complexity index is 1270. The van der Waals surface area contributed by atoms with Crippen LogP contribution in [-0.2, 0) is 14.8 Å². The topological polar surface area (TPSA) is 107 Å². The number of sulfonamides is 1. The Morgan fingerprint density at radius 3 is 2.48 bits per heavy atom. The first-order valence-corrected chi connectivity index (χ1v) is 12.2. The first-order chi connectivity index (χ1) is 14.9. The van der Waals surface area contributed by atoms with Crippen LogP contribution in [0.15, 0.2) is 52.4 Å². The summed E-state index contributed by atoms with van der Waals surface area (Å²) in [5, 5.41) is 0. The lowest BCUT2D eigenvalue weighted by atomic mass is 10.0. The highest BCUT2D eigenvalue weighted by atomic mass is 32.2. The molecule has 0 aliphatic carbocycles. The summed E-state index contributed by atoms with van der Waals surface area (Å²) in [6.07, 6.45) is 3.51. The van der Waals surface area contributed by atoms with E-state index in [1.54, 1.807) is 18.5 Å². The van der Waals surface area contributed by atoms with Gasteiger partial charge in [0.2, 0.25) is 15.9 Å². The second-order valence-electron chi connectivity index (χ2n) is 7.71. The summed E-state index contributed by atoms with van der Waals surface area (Å²) in [5.74, 6) is -0.297. The van der Waals surface area contributed by atoms with Crippen molar-refractivity contribution in [2.75, 3.05) is 44.2 Å². The Kier molecular flexibility index (Phi) is 5.03. The Balaban J connectivity index is 1.20. The number of carbonyl (C=O) groups is 1. The number of benzene rings is 1. The van der Waals surface area contributed by atoms with E-state index in [0.717, 1.165) is 30.1 Å². The van der Waals surface area contributed by atoms with Crippen molar-refractivity contribution in [1.29, 1.82) is 0 Å². The number of amides is 1. The van der Waals surface area contributed by atoms with E-state index in [2.05, 4.69) is 14.9 Å². The lowest BCUT2D eigenvalue weighted by Gasteiger charge is -2.42. The van der Waals surface area contributed by atoms with Crippen LogP contribution >= 0.6 is 11.3 Å². The number of aromatic amines is 1. The van der Waals surface area contributed by atoms with E-state index < -0.39 is 10.0 Å². The van der Waals surface area contributed by atoms with E-state index in [9.17, 15) is 18.0 Å². The quantitative estimate of drug-likeness (QED) is 0.623. The number of aromatic nitrogens is 2. The third kappa shape index (κ3) is 3.73. The van der Waals surface area contributed by atoms with Crippen LogP contribution < -0.4 is 9.77 Å². The minimum Gasteiger partial charge on any atom is -0.368 e. The summed E-state index contributed by atoms with van der Waals surface area (Å²) in [7, 11) is -3.69. The number of nitrogens with zero attached hydrogens (tertiary/aromatic N) is 4. The van der Waals surface area contributed by atoms with Gasteiger partial charge in [0, 0.05) is 57.3 Å². The molecule has 0 bridgehead atoms. The zero-order valence-electron chi connectivity index (χ0n) is 16.6. The molecule has 2 fully saturated rings. The van der Waals surface area contributed by atoms with Crippen molar-refractivity contribution in [3.05, 3.63) is 52.4 Å². The molecule has 2 saturated heterocycles. The molecule has 11 heteroatoms. The standard InChI is InChI=1S/C20H21N5O4S2/c26-19(24-9-7-23(8-10-24)15-3-5-21-6-4-15)14-12-25(13-14)31(28,29)16-1-2-17-18(11-16)30-20(27)22-17/h1-6,11,14H,7-10,12-13H2,(H,22,27). The molecule has 162 valence electrons. The predicted octanol–water partition coefficient (Wildman–Crippen LogP) is 0.954. The Morgan fingerprint density at radius 1 is 1.06 bits per heavy atom. The summed E-state index contributed by atoms with van der Waals surface area (Å²) >= 11 is 0.980. The van der Waals surface area contributed by atoms with Crippen molar-refractivity contribution in [1.82, 2.24) is 19.2 Å². The Hall–Kier alpha value is -2.76. The molecule has 5 rings (SSSR count). The van der Waals surface area contributed by atoms with Crippen molar-refractivity contribution in [2.24, 2.45) is 5.92 Å². The Labute approximate surface area is 183 Å². The monoisotopic (exact) mass is 459 g/mol. The molecule has 4 heterocycles. The number of pyridine rings is 1. The highest BCUT2D eigenvalue weighted by molar-refractivity contribution is 7.89. The number of carbonyl (C=O) groups excluding carboxylic acids is 1. The summed E-state index contributed by atoms with van der Waals surface area (Å²) < 4.78 is 27.8. The van der Waals surface area contributed by atoms with E-state index >= 15 is 0 Å². The summed E-state index contributed by atoms with van der Waals surface area (Å²) in [4.78, 5) is 35.0. The molecule has 0 unspecified atom stereocenters. The van der Waals surface area contributed by atoms with Crippen molar-refractivity contribution < 1.29 is 13.2 Å². The van der Waals surface area contributed by atoms with E-state index in [1.165, 1.54) is 16.4 Å². The summed E-state index contributed by atoms with van der Waals surface area (Å²) in [5.41, 5.74) is 1.71. The predicted molar refractivity (Wildman–Crippen MR) is 118 cm³/mol. The number of thiazole rings is 1. The van der Waals surface area contributed by atoms with Gasteiger partial charge in [-0.2, -0.15) is 4.31 Å². The van der Waals surface area contributed by atoms with Crippen LogP contribution in [0.3, 0.4) is 0 Å².